The van der Waals surface area contributed by atoms with Gasteiger partial charge in [0.15, 0.2) is 18.3 Å². The van der Waals surface area contributed by atoms with Gasteiger partial charge in [0.25, 0.3) is 0 Å². The molecule has 0 aromatic heterocycles. The molecule has 1 aliphatic rings. The molecule has 0 unspecified atom stereocenters. The highest BCUT2D eigenvalue weighted by Gasteiger charge is 2.29. The van der Waals surface area contributed by atoms with Crippen molar-refractivity contribution < 1.29 is 28.5 Å². The summed E-state index contributed by atoms with van der Waals surface area (Å²) in [5, 5.41) is 0. The van der Waals surface area contributed by atoms with Crippen molar-refractivity contribution >= 4 is 17.7 Å². The molecule has 3 rings (SSSR count). The average molecular weight is 392 g/mol. The smallest absolute Gasteiger partial charge is 0.342 e. The molecule has 0 saturated heterocycles. The number of hydrogen-bond donors (Lipinski definition) is 0. The molecule has 0 spiro atoms. The molecule has 0 aliphatic carbocycles. The summed E-state index contributed by atoms with van der Waals surface area (Å²) in [6, 6.07) is 11.5. The van der Waals surface area contributed by atoms with Crippen LogP contribution >= 0.6 is 11.8 Å². The quantitative estimate of drug-likeness (QED) is 0.390. The highest BCUT2D eigenvalue weighted by Crippen LogP contribution is 2.45. The molecule has 0 saturated carbocycles. The third kappa shape index (κ3) is 5.08. The van der Waals surface area contributed by atoms with Crippen molar-refractivity contribution in [3.05, 3.63) is 47.5 Å². The van der Waals surface area contributed by atoms with Crippen LogP contribution in [0.4, 0.5) is 0 Å². The van der Waals surface area contributed by atoms with Gasteiger partial charge in [-0.3, -0.25) is 0 Å². The predicted octanol–water partition coefficient (Wildman–Crippen LogP) is 4.50. The molecule has 1 heterocycles. The minimum absolute atomic E-state index is 0.00884. The van der Waals surface area contributed by atoms with Gasteiger partial charge in [-0.25, -0.2) is 4.79 Å². The lowest BCUT2D eigenvalue weighted by Gasteiger charge is -2.16. The fourth-order valence-electron chi connectivity index (χ4n) is 2.46. The van der Waals surface area contributed by atoms with E-state index in [1.165, 1.54) is 14.2 Å². The van der Waals surface area contributed by atoms with Gasteiger partial charge in [-0.05, 0) is 12.1 Å². The molecule has 7 heteroatoms. The molecule has 6 nitrogen and oxygen atoms in total. The van der Waals surface area contributed by atoms with Gasteiger partial charge in [-0.15, -0.1) is 11.8 Å². The minimum Gasteiger partial charge on any atom is -0.466 e. The first-order valence-electron chi connectivity index (χ1n) is 8.58. The number of methoxy groups -OCH3 is 2. The third-order valence-corrected chi connectivity index (χ3v) is 4.61. The minimum atomic E-state index is -0.493. The highest BCUT2D eigenvalue weighted by atomic mass is 32.2. The van der Waals surface area contributed by atoms with Gasteiger partial charge in [-0.1, -0.05) is 32.0 Å². The maximum absolute atomic E-state index is 12.4. The van der Waals surface area contributed by atoms with Crippen molar-refractivity contribution in [2.45, 2.75) is 24.5 Å². The molecular formula is C20H24O6S. The third-order valence-electron chi connectivity index (χ3n) is 3.57. The fourth-order valence-corrected chi connectivity index (χ4v) is 3.39. The van der Waals surface area contributed by atoms with Gasteiger partial charge in [0, 0.05) is 29.4 Å². The number of fused-ring (bicyclic) bond motifs is 1. The predicted molar refractivity (Wildman–Crippen MR) is 104 cm³/mol. The summed E-state index contributed by atoms with van der Waals surface area (Å²) >= 11 is 1.58. The van der Waals surface area contributed by atoms with Crippen molar-refractivity contribution in [3.63, 3.8) is 0 Å². The second-order valence-electron chi connectivity index (χ2n) is 5.11. The Morgan fingerprint density at radius 1 is 1.15 bits per heavy atom. The standard InChI is InChI=1S/C18H18O6S.C2H6/c1-20-10-22-14-8-15-17(24-11-23-15)13(16(14)18(19)21-2)9-25-12-6-4-3-5-7-12;1-2/h3-8H,9-11H2,1-2H3;1-2H3. The van der Waals surface area contributed by atoms with Crippen LogP contribution in [0.1, 0.15) is 29.8 Å². The van der Waals surface area contributed by atoms with Crippen LogP contribution in [-0.4, -0.2) is 33.8 Å². The molecule has 1 aliphatic heterocycles. The highest BCUT2D eigenvalue weighted by molar-refractivity contribution is 7.98. The van der Waals surface area contributed by atoms with Crippen molar-refractivity contribution in [2.75, 3.05) is 27.8 Å². The second-order valence-corrected chi connectivity index (χ2v) is 6.15. The van der Waals surface area contributed by atoms with E-state index in [4.69, 9.17) is 23.7 Å². The summed E-state index contributed by atoms with van der Waals surface area (Å²) in [7, 11) is 2.85. The average Bonchev–Trinajstić information content (AvgIpc) is 3.20. The van der Waals surface area contributed by atoms with Crippen LogP contribution in [0.25, 0.3) is 0 Å². The van der Waals surface area contributed by atoms with Gasteiger partial charge in [-0.2, -0.15) is 0 Å². The number of thioether (sulfide) groups is 1. The van der Waals surface area contributed by atoms with Crippen molar-refractivity contribution in [2.24, 2.45) is 0 Å². The molecular weight excluding hydrogens is 368 g/mol. The zero-order valence-electron chi connectivity index (χ0n) is 15.9. The zero-order valence-corrected chi connectivity index (χ0v) is 16.8. The van der Waals surface area contributed by atoms with Crippen molar-refractivity contribution in [1.29, 1.82) is 0 Å². The lowest BCUT2D eigenvalue weighted by Crippen LogP contribution is -2.11. The van der Waals surface area contributed by atoms with Crippen LogP contribution in [0.15, 0.2) is 41.3 Å². The van der Waals surface area contributed by atoms with E-state index in [0.29, 0.717) is 34.1 Å². The molecule has 0 atom stereocenters. The lowest BCUT2D eigenvalue weighted by molar-refractivity contribution is 0.0463. The number of carbonyl (C=O) groups is 1. The van der Waals surface area contributed by atoms with E-state index in [-0.39, 0.29) is 13.6 Å². The summed E-state index contributed by atoms with van der Waals surface area (Å²) in [6.45, 7) is 4.11. The van der Waals surface area contributed by atoms with E-state index >= 15 is 0 Å². The first-order chi connectivity index (χ1) is 13.2. The van der Waals surface area contributed by atoms with E-state index in [2.05, 4.69) is 0 Å². The van der Waals surface area contributed by atoms with Crippen LogP contribution in [0.5, 0.6) is 17.2 Å². The Morgan fingerprint density at radius 3 is 2.56 bits per heavy atom. The van der Waals surface area contributed by atoms with E-state index < -0.39 is 5.97 Å². The largest absolute Gasteiger partial charge is 0.466 e. The van der Waals surface area contributed by atoms with Crippen LogP contribution in [0.3, 0.4) is 0 Å². The van der Waals surface area contributed by atoms with Crippen LogP contribution in [-0.2, 0) is 15.2 Å². The second kappa shape index (κ2) is 10.7. The monoisotopic (exact) mass is 392 g/mol. The molecule has 2 aromatic carbocycles. The Kier molecular flexibility index (Phi) is 8.29. The summed E-state index contributed by atoms with van der Waals surface area (Å²) in [4.78, 5) is 13.5. The maximum Gasteiger partial charge on any atom is 0.342 e. The molecule has 0 fully saturated rings. The number of hydrogen-bond acceptors (Lipinski definition) is 7. The number of esters is 1. The number of rotatable bonds is 7. The van der Waals surface area contributed by atoms with E-state index in [1.54, 1.807) is 17.8 Å². The van der Waals surface area contributed by atoms with Gasteiger partial charge in [0.2, 0.25) is 6.79 Å². The number of benzene rings is 2. The summed E-state index contributed by atoms with van der Waals surface area (Å²) in [5.74, 6) is 1.45. The van der Waals surface area contributed by atoms with Crippen LogP contribution < -0.4 is 14.2 Å². The molecule has 27 heavy (non-hydrogen) atoms. The summed E-state index contributed by atoms with van der Waals surface area (Å²) < 4.78 is 26.5. The van der Waals surface area contributed by atoms with E-state index in [9.17, 15) is 4.79 Å². The van der Waals surface area contributed by atoms with E-state index in [1.807, 2.05) is 44.2 Å². The van der Waals surface area contributed by atoms with Gasteiger partial charge in [0.05, 0.1) is 7.11 Å². The molecule has 0 N–H and O–H groups in total. The van der Waals surface area contributed by atoms with Gasteiger partial charge >= 0.3 is 5.97 Å². The van der Waals surface area contributed by atoms with Crippen LogP contribution in [0.2, 0.25) is 0 Å². The first-order valence-corrected chi connectivity index (χ1v) is 9.56. The van der Waals surface area contributed by atoms with Gasteiger partial charge in [0.1, 0.15) is 11.3 Å². The summed E-state index contributed by atoms with van der Waals surface area (Å²) in [6.07, 6.45) is 0. The number of ether oxygens (including phenoxy) is 5. The van der Waals surface area contributed by atoms with Crippen molar-refractivity contribution in [1.82, 2.24) is 0 Å². The molecule has 0 radical (unpaired) electrons. The Hall–Kier alpha value is -2.38. The van der Waals surface area contributed by atoms with Crippen molar-refractivity contribution in [3.8, 4) is 17.2 Å². The Balaban J connectivity index is 0.00000126. The van der Waals surface area contributed by atoms with Gasteiger partial charge < -0.3 is 23.7 Å². The molecule has 146 valence electrons. The van der Waals surface area contributed by atoms with Crippen LogP contribution in [0, 0.1) is 0 Å². The molecule has 0 amide bonds. The Bertz CT molecular complexity index is 748. The normalized spacial score (nSPS) is 11.4. The first kappa shape index (κ1) is 20.9. The molecule has 0 bridgehead atoms. The number of carbonyl (C=O) groups excluding carboxylic acids is 1. The Labute approximate surface area is 163 Å². The fraction of sp³-hybridized carbons (Fsp3) is 0.350. The topological polar surface area (TPSA) is 63.2 Å². The SMILES string of the molecule is CC.COCOc1cc2c(c(CSc3ccccc3)c1C(=O)OC)OCO2. The zero-order chi connectivity index (χ0) is 19.6. The lowest BCUT2D eigenvalue weighted by atomic mass is 10.1. The molecule has 2 aromatic rings. The maximum atomic E-state index is 12.4. The summed E-state index contributed by atoms with van der Waals surface area (Å²) in [5.41, 5.74) is 1.01. The van der Waals surface area contributed by atoms with E-state index in [0.717, 1.165) is 4.90 Å². The Morgan fingerprint density at radius 2 is 1.89 bits per heavy atom.